The van der Waals surface area contributed by atoms with Crippen molar-refractivity contribution < 1.29 is 19.4 Å². The Labute approximate surface area is 199 Å². The van der Waals surface area contributed by atoms with Crippen LogP contribution in [0.5, 0.6) is 6.01 Å². The van der Waals surface area contributed by atoms with Crippen molar-refractivity contribution in [3.8, 4) is 17.1 Å². The molecule has 2 heterocycles. The Morgan fingerprint density at radius 2 is 1.68 bits per heavy atom. The minimum Gasteiger partial charge on any atom is -0.465 e. The Morgan fingerprint density at radius 1 is 1.00 bits per heavy atom. The average molecular weight is 464 g/mol. The van der Waals surface area contributed by atoms with Crippen molar-refractivity contribution in [3.05, 3.63) is 72.3 Å². The number of amides is 2. The molecule has 0 atom stereocenters. The fourth-order valence-electron chi connectivity index (χ4n) is 3.23. The first-order chi connectivity index (χ1) is 16.1. The number of hydrogen-bond acceptors (Lipinski definition) is 6. The third-order valence-corrected chi connectivity index (χ3v) is 5.19. The summed E-state index contributed by atoms with van der Waals surface area (Å²) in [7, 11) is 1.66. The quantitative estimate of drug-likeness (QED) is 0.540. The summed E-state index contributed by atoms with van der Waals surface area (Å²) in [5.41, 5.74) is 2.93. The van der Waals surface area contributed by atoms with Gasteiger partial charge >= 0.3 is 12.1 Å². The predicted octanol–water partition coefficient (Wildman–Crippen LogP) is 3.85. The van der Waals surface area contributed by atoms with E-state index in [1.165, 1.54) is 4.90 Å². The van der Waals surface area contributed by atoms with Crippen molar-refractivity contribution in [2.75, 3.05) is 13.6 Å². The molecule has 3 rings (SSSR count). The lowest BCUT2D eigenvalue weighted by atomic mass is 10.1. The van der Waals surface area contributed by atoms with Crippen LogP contribution < -0.4 is 4.74 Å². The van der Waals surface area contributed by atoms with E-state index in [0.29, 0.717) is 13.2 Å². The summed E-state index contributed by atoms with van der Waals surface area (Å²) in [6, 6.07) is 11.7. The normalized spacial score (nSPS) is 11.1. The van der Waals surface area contributed by atoms with E-state index in [1.807, 2.05) is 36.4 Å². The average Bonchev–Trinajstić information content (AvgIpc) is 2.81. The van der Waals surface area contributed by atoms with Gasteiger partial charge in [-0.3, -0.25) is 14.7 Å². The number of aromatic nitrogens is 3. The molecule has 1 aromatic carbocycles. The highest BCUT2D eigenvalue weighted by Gasteiger charge is 2.29. The van der Waals surface area contributed by atoms with Crippen LogP contribution in [0.25, 0.3) is 11.1 Å². The van der Waals surface area contributed by atoms with Crippen LogP contribution in [0, 0.1) is 0 Å². The van der Waals surface area contributed by atoms with Gasteiger partial charge in [-0.15, -0.1) is 0 Å². The van der Waals surface area contributed by atoms with Crippen LogP contribution in [-0.2, 0) is 17.9 Å². The number of ether oxygens (including phenoxy) is 1. The Kier molecular flexibility index (Phi) is 7.78. The maximum Gasteiger partial charge on any atom is 0.408 e. The molecule has 1 N–H and O–H groups in total. The van der Waals surface area contributed by atoms with Crippen molar-refractivity contribution in [1.82, 2.24) is 24.8 Å². The molecule has 9 heteroatoms. The summed E-state index contributed by atoms with van der Waals surface area (Å²) in [5.74, 6) is -0.276. The van der Waals surface area contributed by atoms with E-state index in [0.717, 1.165) is 27.2 Å². The van der Waals surface area contributed by atoms with Crippen LogP contribution in [0.2, 0.25) is 0 Å². The molecular formula is C25H29N5O4. The molecule has 2 amide bonds. The topological polar surface area (TPSA) is 109 Å². The molecule has 3 aromatic rings. The van der Waals surface area contributed by atoms with Crippen molar-refractivity contribution in [2.45, 2.75) is 39.5 Å². The maximum atomic E-state index is 12.6. The van der Waals surface area contributed by atoms with Gasteiger partial charge in [0.25, 0.3) is 0 Å². The lowest BCUT2D eigenvalue weighted by Crippen LogP contribution is -2.50. The molecule has 0 bridgehead atoms. The Morgan fingerprint density at radius 3 is 2.29 bits per heavy atom. The van der Waals surface area contributed by atoms with E-state index < -0.39 is 11.6 Å². The summed E-state index contributed by atoms with van der Waals surface area (Å²) in [6.45, 7) is 5.77. The van der Waals surface area contributed by atoms with Crippen molar-refractivity contribution in [1.29, 1.82) is 0 Å². The van der Waals surface area contributed by atoms with Gasteiger partial charge in [0.1, 0.15) is 13.2 Å². The fraction of sp³-hybridized carbons (Fsp3) is 0.320. The number of likely N-dealkylation sites (N-methyl/N-ethyl adjacent to an activating group) is 1. The smallest absolute Gasteiger partial charge is 0.408 e. The third kappa shape index (κ3) is 6.74. The van der Waals surface area contributed by atoms with E-state index in [9.17, 15) is 14.7 Å². The number of hydrogen-bond donors (Lipinski definition) is 1. The molecule has 0 aliphatic heterocycles. The molecular weight excluding hydrogens is 434 g/mol. The van der Waals surface area contributed by atoms with Crippen molar-refractivity contribution >= 4 is 12.0 Å². The Balaban J connectivity index is 1.62. The highest BCUT2D eigenvalue weighted by atomic mass is 16.5. The minimum absolute atomic E-state index is 0.205. The van der Waals surface area contributed by atoms with Gasteiger partial charge in [-0.25, -0.2) is 14.8 Å². The molecule has 0 saturated heterocycles. The van der Waals surface area contributed by atoms with Crippen LogP contribution >= 0.6 is 0 Å². The highest BCUT2D eigenvalue weighted by Crippen LogP contribution is 2.21. The number of carboxylic acid groups (broad SMARTS) is 1. The molecule has 0 saturated carbocycles. The molecule has 0 aliphatic carbocycles. The lowest BCUT2D eigenvalue weighted by molar-refractivity contribution is -0.132. The number of pyridine rings is 1. The summed E-state index contributed by atoms with van der Waals surface area (Å²) >= 11 is 0. The van der Waals surface area contributed by atoms with Gasteiger partial charge in [0.15, 0.2) is 0 Å². The molecule has 9 nitrogen and oxygen atoms in total. The Hall–Kier alpha value is -4.01. The largest absolute Gasteiger partial charge is 0.465 e. The van der Waals surface area contributed by atoms with Crippen LogP contribution in [0.1, 0.15) is 31.9 Å². The molecule has 0 aliphatic rings. The van der Waals surface area contributed by atoms with Gasteiger partial charge in [-0.05, 0) is 55.7 Å². The summed E-state index contributed by atoms with van der Waals surface area (Å²) in [4.78, 5) is 39.4. The van der Waals surface area contributed by atoms with Crippen LogP contribution in [0.15, 0.2) is 61.2 Å². The molecule has 0 fully saturated rings. The standard InChI is InChI=1S/C25H29N5O4/c1-25(2,3)30(24(32)33)16-22(31)29(4)15-19-6-5-7-20(12-19)21-13-27-23(28-14-21)34-17-18-8-10-26-11-9-18/h5-14H,15-17H2,1-4H3,(H,32,33). The van der Waals surface area contributed by atoms with E-state index in [2.05, 4.69) is 15.0 Å². The monoisotopic (exact) mass is 463 g/mol. The van der Waals surface area contributed by atoms with E-state index in [1.54, 1.807) is 52.6 Å². The van der Waals surface area contributed by atoms with Gasteiger partial charge in [0.05, 0.1) is 0 Å². The van der Waals surface area contributed by atoms with Crippen molar-refractivity contribution in [3.63, 3.8) is 0 Å². The van der Waals surface area contributed by atoms with E-state index in [4.69, 9.17) is 4.74 Å². The van der Waals surface area contributed by atoms with Gasteiger partial charge in [-0.1, -0.05) is 18.2 Å². The molecule has 2 aromatic heterocycles. The zero-order valence-electron chi connectivity index (χ0n) is 19.8. The number of carbonyl (C=O) groups excluding carboxylic acids is 1. The van der Waals surface area contributed by atoms with Crippen molar-refractivity contribution in [2.24, 2.45) is 0 Å². The number of benzene rings is 1. The maximum absolute atomic E-state index is 12.6. The van der Waals surface area contributed by atoms with Gasteiger partial charge in [0.2, 0.25) is 5.91 Å². The second kappa shape index (κ2) is 10.7. The number of carbonyl (C=O) groups is 2. The number of nitrogens with zero attached hydrogens (tertiary/aromatic N) is 5. The molecule has 178 valence electrons. The lowest BCUT2D eigenvalue weighted by Gasteiger charge is -2.33. The highest BCUT2D eigenvalue weighted by molar-refractivity contribution is 5.82. The summed E-state index contributed by atoms with van der Waals surface area (Å²) in [5, 5.41) is 9.43. The first-order valence-corrected chi connectivity index (χ1v) is 10.8. The van der Waals surface area contributed by atoms with E-state index in [-0.39, 0.29) is 18.5 Å². The second-order valence-electron chi connectivity index (χ2n) is 8.89. The predicted molar refractivity (Wildman–Crippen MR) is 127 cm³/mol. The zero-order valence-corrected chi connectivity index (χ0v) is 19.8. The third-order valence-electron chi connectivity index (χ3n) is 5.19. The molecule has 0 spiro atoms. The first kappa shape index (κ1) is 24.6. The summed E-state index contributed by atoms with van der Waals surface area (Å²) in [6.07, 6.45) is 5.67. The van der Waals surface area contributed by atoms with Gasteiger partial charge in [-0.2, -0.15) is 0 Å². The Bertz CT molecular complexity index is 1110. The zero-order chi connectivity index (χ0) is 24.7. The van der Waals surface area contributed by atoms with Crippen LogP contribution in [0.3, 0.4) is 0 Å². The van der Waals surface area contributed by atoms with E-state index >= 15 is 0 Å². The number of rotatable bonds is 8. The molecule has 0 radical (unpaired) electrons. The first-order valence-electron chi connectivity index (χ1n) is 10.8. The van der Waals surface area contributed by atoms with Gasteiger partial charge < -0.3 is 14.7 Å². The van der Waals surface area contributed by atoms with Crippen LogP contribution in [0.4, 0.5) is 4.79 Å². The second-order valence-corrected chi connectivity index (χ2v) is 8.89. The van der Waals surface area contributed by atoms with Gasteiger partial charge in [0, 0.05) is 49.5 Å². The summed E-state index contributed by atoms with van der Waals surface area (Å²) < 4.78 is 5.62. The molecule has 0 unspecified atom stereocenters. The fourth-order valence-corrected chi connectivity index (χ4v) is 3.23. The SMILES string of the molecule is CN(Cc1cccc(-c2cnc(OCc3ccncc3)nc2)c1)C(=O)CN(C(=O)O)C(C)(C)C. The minimum atomic E-state index is -1.12. The molecule has 34 heavy (non-hydrogen) atoms. The van der Waals surface area contributed by atoms with Crippen LogP contribution in [-0.4, -0.2) is 61.0 Å².